The highest BCUT2D eigenvalue weighted by molar-refractivity contribution is 6.37. The van der Waals surface area contributed by atoms with Crippen LogP contribution in [-0.2, 0) is 6.54 Å². The van der Waals surface area contributed by atoms with Gasteiger partial charge >= 0.3 is 0 Å². The van der Waals surface area contributed by atoms with Crippen LogP contribution < -0.4 is 10.1 Å². The van der Waals surface area contributed by atoms with Gasteiger partial charge in [0.05, 0.1) is 17.2 Å². The fraction of sp³-hybridized carbons (Fsp3) is 0.333. The molecular formula is C9H12Cl3NO. The highest BCUT2D eigenvalue weighted by atomic mass is 35.5. The van der Waals surface area contributed by atoms with E-state index in [4.69, 9.17) is 27.9 Å². The summed E-state index contributed by atoms with van der Waals surface area (Å²) in [6, 6.07) is 3.67. The summed E-state index contributed by atoms with van der Waals surface area (Å²) < 4.78 is 5.02. The number of rotatable bonds is 3. The summed E-state index contributed by atoms with van der Waals surface area (Å²) in [5, 5.41) is 4.10. The summed E-state index contributed by atoms with van der Waals surface area (Å²) in [5.41, 5.74) is 1.04. The molecule has 0 aliphatic rings. The van der Waals surface area contributed by atoms with E-state index in [1.807, 2.05) is 19.2 Å². The lowest BCUT2D eigenvalue weighted by molar-refractivity contribution is 0.415. The van der Waals surface area contributed by atoms with Crippen LogP contribution in [0.5, 0.6) is 5.75 Å². The molecule has 1 rings (SSSR count). The minimum Gasteiger partial charge on any atom is -0.494 e. The largest absolute Gasteiger partial charge is 0.494 e. The van der Waals surface area contributed by atoms with Crippen molar-refractivity contribution in [2.24, 2.45) is 0 Å². The van der Waals surface area contributed by atoms with Gasteiger partial charge in [0.1, 0.15) is 0 Å². The van der Waals surface area contributed by atoms with Crippen LogP contribution in [0, 0.1) is 0 Å². The molecule has 0 aliphatic carbocycles. The lowest BCUT2D eigenvalue weighted by Gasteiger charge is -2.08. The zero-order valence-corrected chi connectivity index (χ0v) is 10.3. The van der Waals surface area contributed by atoms with E-state index in [1.54, 1.807) is 7.11 Å². The van der Waals surface area contributed by atoms with E-state index in [0.717, 1.165) is 12.1 Å². The minimum atomic E-state index is 0. The molecule has 0 bridgehead atoms. The number of ether oxygens (including phenoxy) is 1. The first-order chi connectivity index (χ1) is 6.19. The van der Waals surface area contributed by atoms with Gasteiger partial charge < -0.3 is 10.1 Å². The molecule has 1 N–H and O–H groups in total. The van der Waals surface area contributed by atoms with Gasteiger partial charge in [-0.05, 0) is 24.7 Å². The first-order valence-corrected chi connectivity index (χ1v) is 4.61. The first-order valence-electron chi connectivity index (χ1n) is 3.85. The smallest absolute Gasteiger partial charge is 0.156 e. The lowest BCUT2D eigenvalue weighted by atomic mass is 10.2. The highest BCUT2D eigenvalue weighted by Crippen LogP contribution is 2.33. The van der Waals surface area contributed by atoms with E-state index in [1.165, 1.54) is 0 Å². The van der Waals surface area contributed by atoms with Crippen LogP contribution in [0.4, 0.5) is 0 Å². The number of hydrogen-bond donors (Lipinski definition) is 1. The molecule has 0 unspecified atom stereocenters. The molecule has 0 radical (unpaired) electrons. The summed E-state index contributed by atoms with van der Waals surface area (Å²) in [6.07, 6.45) is 0. The average Bonchev–Trinajstić information content (AvgIpc) is 2.04. The molecule has 0 heterocycles. The van der Waals surface area contributed by atoms with Crippen LogP contribution in [0.3, 0.4) is 0 Å². The number of methoxy groups -OCH3 is 1. The maximum Gasteiger partial charge on any atom is 0.156 e. The van der Waals surface area contributed by atoms with Crippen molar-refractivity contribution in [1.82, 2.24) is 5.32 Å². The Balaban J connectivity index is 0.00000169. The minimum absolute atomic E-state index is 0. The summed E-state index contributed by atoms with van der Waals surface area (Å²) in [5.74, 6) is 0.531. The predicted molar refractivity (Wildman–Crippen MR) is 63.0 cm³/mol. The lowest BCUT2D eigenvalue weighted by Crippen LogP contribution is -2.05. The van der Waals surface area contributed by atoms with Gasteiger partial charge in [-0.1, -0.05) is 23.2 Å². The Bertz CT molecular complexity index is 281. The quantitative estimate of drug-likeness (QED) is 0.897. The number of halogens is 3. The van der Waals surface area contributed by atoms with Crippen molar-refractivity contribution in [2.75, 3.05) is 14.2 Å². The highest BCUT2D eigenvalue weighted by Gasteiger charge is 2.07. The second-order valence-corrected chi connectivity index (χ2v) is 3.44. The molecule has 0 aliphatic heterocycles. The third-order valence-corrected chi connectivity index (χ3v) is 2.20. The Hall–Kier alpha value is -0.150. The van der Waals surface area contributed by atoms with Gasteiger partial charge in [-0.2, -0.15) is 0 Å². The van der Waals surface area contributed by atoms with Crippen molar-refractivity contribution in [2.45, 2.75) is 6.54 Å². The van der Waals surface area contributed by atoms with Gasteiger partial charge in [-0.15, -0.1) is 12.4 Å². The van der Waals surface area contributed by atoms with Gasteiger partial charge in [0.2, 0.25) is 0 Å². The molecule has 1 aromatic rings. The number of nitrogens with one attached hydrogen (secondary N) is 1. The summed E-state index contributed by atoms with van der Waals surface area (Å²) in [7, 11) is 3.41. The van der Waals surface area contributed by atoms with E-state index in [-0.39, 0.29) is 12.4 Å². The fourth-order valence-electron chi connectivity index (χ4n) is 1.11. The van der Waals surface area contributed by atoms with Gasteiger partial charge in [0.15, 0.2) is 5.75 Å². The maximum atomic E-state index is 5.93. The Kier molecular flexibility index (Phi) is 6.29. The summed E-state index contributed by atoms with van der Waals surface area (Å²) >= 11 is 11.9. The Morgan fingerprint density at radius 1 is 1.29 bits per heavy atom. The zero-order valence-electron chi connectivity index (χ0n) is 7.93. The molecule has 1 aromatic carbocycles. The molecule has 0 saturated heterocycles. The van der Waals surface area contributed by atoms with Crippen LogP contribution in [0.25, 0.3) is 0 Å². The molecule has 0 amide bonds. The van der Waals surface area contributed by atoms with E-state index >= 15 is 0 Å². The molecule has 5 heteroatoms. The van der Waals surface area contributed by atoms with Crippen LogP contribution in [0.2, 0.25) is 10.0 Å². The van der Waals surface area contributed by atoms with Crippen LogP contribution in [0.15, 0.2) is 12.1 Å². The van der Waals surface area contributed by atoms with E-state index in [9.17, 15) is 0 Å². The Morgan fingerprint density at radius 2 is 1.79 bits per heavy atom. The van der Waals surface area contributed by atoms with E-state index in [0.29, 0.717) is 15.8 Å². The summed E-state index contributed by atoms with van der Waals surface area (Å²) in [4.78, 5) is 0. The van der Waals surface area contributed by atoms with Gasteiger partial charge in [0.25, 0.3) is 0 Å². The third-order valence-electron chi connectivity index (χ3n) is 1.64. The molecule has 0 fully saturated rings. The van der Waals surface area contributed by atoms with Crippen LogP contribution in [-0.4, -0.2) is 14.2 Å². The number of hydrogen-bond acceptors (Lipinski definition) is 2. The van der Waals surface area contributed by atoms with Crippen molar-refractivity contribution < 1.29 is 4.74 Å². The molecule has 2 nitrogen and oxygen atoms in total. The second-order valence-electron chi connectivity index (χ2n) is 2.62. The van der Waals surface area contributed by atoms with Crippen molar-refractivity contribution in [3.05, 3.63) is 27.7 Å². The maximum absolute atomic E-state index is 5.93. The van der Waals surface area contributed by atoms with E-state index in [2.05, 4.69) is 5.32 Å². The van der Waals surface area contributed by atoms with Crippen molar-refractivity contribution in [1.29, 1.82) is 0 Å². The van der Waals surface area contributed by atoms with E-state index < -0.39 is 0 Å². The normalized spacial score (nSPS) is 9.43. The van der Waals surface area contributed by atoms with Crippen molar-refractivity contribution in [3.63, 3.8) is 0 Å². The average molecular weight is 257 g/mol. The first kappa shape index (κ1) is 13.8. The molecule has 0 atom stereocenters. The SMILES string of the molecule is CNCc1cc(Cl)c(OC)c(Cl)c1.Cl. The molecule has 0 aromatic heterocycles. The molecule has 0 saturated carbocycles. The summed E-state index contributed by atoms with van der Waals surface area (Å²) in [6.45, 7) is 0.740. The molecule has 80 valence electrons. The molecular weight excluding hydrogens is 244 g/mol. The van der Waals surface area contributed by atoms with Crippen LogP contribution in [0.1, 0.15) is 5.56 Å². The van der Waals surface area contributed by atoms with Crippen LogP contribution >= 0.6 is 35.6 Å². The van der Waals surface area contributed by atoms with Crippen molar-refractivity contribution in [3.8, 4) is 5.75 Å². The van der Waals surface area contributed by atoms with Gasteiger partial charge in [-0.25, -0.2) is 0 Å². The Morgan fingerprint density at radius 3 is 2.14 bits per heavy atom. The van der Waals surface area contributed by atoms with Gasteiger partial charge in [-0.3, -0.25) is 0 Å². The topological polar surface area (TPSA) is 21.3 Å². The molecule has 14 heavy (non-hydrogen) atoms. The molecule has 0 spiro atoms. The Labute approximate surface area is 99.9 Å². The number of benzene rings is 1. The standard InChI is InChI=1S/C9H11Cl2NO.ClH/c1-12-5-6-3-7(10)9(13-2)8(11)4-6;/h3-4,12H,5H2,1-2H3;1H. The third kappa shape index (κ3) is 3.21. The van der Waals surface area contributed by atoms with Crippen molar-refractivity contribution >= 4 is 35.6 Å². The predicted octanol–water partition coefficient (Wildman–Crippen LogP) is 3.14. The van der Waals surface area contributed by atoms with Gasteiger partial charge in [0, 0.05) is 6.54 Å². The zero-order chi connectivity index (χ0) is 9.84. The monoisotopic (exact) mass is 255 g/mol. The second kappa shape index (κ2) is 6.36. The fourth-order valence-corrected chi connectivity index (χ4v) is 1.80.